The zero-order valence-corrected chi connectivity index (χ0v) is 18.5. The average Bonchev–Trinajstić information content (AvgIpc) is 3.30. The Morgan fingerprint density at radius 1 is 1.09 bits per heavy atom. The molecule has 166 valence electrons. The minimum Gasteiger partial charge on any atom is -1.00 e. The van der Waals surface area contributed by atoms with E-state index in [0.29, 0.717) is 11.5 Å². The zero-order valence-electron chi connectivity index (χ0n) is 17.7. The number of pyridine rings is 2. The molecule has 4 aromatic rings. The molecule has 7 nitrogen and oxygen atoms in total. The second kappa shape index (κ2) is 8.26. The number of carbonyl (C=O) groups is 1. The predicted octanol–water partition coefficient (Wildman–Crippen LogP) is 0.706. The predicted molar refractivity (Wildman–Crippen MR) is 115 cm³/mol. The Kier molecular flexibility index (Phi) is 5.26. The number of ether oxygens (including phenoxy) is 4. The van der Waals surface area contributed by atoms with Crippen LogP contribution in [0.2, 0.25) is 0 Å². The van der Waals surface area contributed by atoms with Gasteiger partial charge >= 0.3 is 5.97 Å². The molecular weight excluding hydrogens is 444 g/mol. The SMILES string of the molecule is COc1ccc2cc3[n+](cc2c1OC(=O)c1ccccn1)CCc1cc2c(cc1-3)OCO2.[Cl-]. The number of aryl methyl sites for hydroxylation is 2. The maximum absolute atomic E-state index is 12.7. The lowest BCUT2D eigenvalue weighted by Crippen LogP contribution is -3.00. The van der Waals surface area contributed by atoms with Crippen LogP contribution in [0.3, 0.4) is 0 Å². The first-order valence-electron chi connectivity index (χ1n) is 10.3. The number of rotatable bonds is 3. The summed E-state index contributed by atoms with van der Waals surface area (Å²) in [5, 5.41) is 1.73. The minimum absolute atomic E-state index is 0. The molecule has 0 fully saturated rings. The molecule has 4 heterocycles. The summed E-state index contributed by atoms with van der Waals surface area (Å²) in [6, 6.07) is 15.1. The van der Waals surface area contributed by atoms with Gasteiger partial charge in [-0.25, -0.2) is 9.78 Å². The topological polar surface area (TPSA) is 70.8 Å². The van der Waals surface area contributed by atoms with Crippen molar-refractivity contribution < 1.29 is 40.7 Å². The van der Waals surface area contributed by atoms with E-state index in [1.54, 1.807) is 31.5 Å². The molecule has 6 rings (SSSR count). The summed E-state index contributed by atoms with van der Waals surface area (Å²) in [7, 11) is 1.56. The van der Waals surface area contributed by atoms with Crippen LogP contribution in [0.1, 0.15) is 16.1 Å². The molecule has 0 saturated carbocycles. The monoisotopic (exact) mass is 462 g/mol. The summed E-state index contributed by atoms with van der Waals surface area (Å²) in [5.41, 5.74) is 3.65. The largest absolute Gasteiger partial charge is 1.00 e. The molecule has 2 aliphatic rings. The molecule has 0 radical (unpaired) electrons. The summed E-state index contributed by atoms with van der Waals surface area (Å²) in [4.78, 5) is 16.8. The van der Waals surface area contributed by atoms with E-state index < -0.39 is 5.97 Å². The van der Waals surface area contributed by atoms with E-state index in [2.05, 4.69) is 21.7 Å². The van der Waals surface area contributed by atoms with Gasteiger partial charge in [-0.1, -0.05) is 6.07 Å². The first kappa shape index (κ1) is 21.0. The van der Waals surface area contributed by atoms with Crippen LogP contribution in [0.4, 0.5) is 0 Å². The van der Waals surface area contributed by atoms with Gasteiger partial charge in [-0.15, -0.1) is 0 Å². The van der Waals surface area contributed by atoms with E-state index in [1.165, 1.54) is 5.56 Å². The van der Waals surface area contributed by atoms with Gasteiger partial charge in [-0.3, -0.25) is 0 Å². The standard InChI is InChI=1S/C25H19N2O5.ClH/c1-29-21-6-5-15-10-20-17-12-23-22(30-14-31-23)11-16(17)7-9-27(20)13-18(15)24(21)32-25(28)19-4-2-3-8-26-19;/h2-6,8,10-13H,7,9,14H2,1H3;1H/q+1;/p-1. The lowest BCUT2D eigenvalue weighted by atomic mass is 9.95. The van der Waals surface area contributed by atoms with Crippen molar-refractivity contribution in [2.75, 3.05) is 13.9 Å². The normalized spacial score (nSPS) is 13.0. The summed E-state index contributed by atoms with van der Waals surface area (Å²) in [6.45, 7) is 1.05. The van der Waals surface area contributed by atoms with Crippen molar-refractivity contribution in [3.8, 4) is 34.3 Å². The Morgan fingerprint density at radius 3 is 2.73 bits per heavy atom. The number of nitrogens with zero attached hydrogens (tertiary/aromatic N) is 2. The fourth-order valence-electron chi connectivity index (χ4n) is 4.29. The van der Waals surface area contributed by atoms with Crippen molar-refractivity contribution in [1.82, 2.24) is 4.98 Å². The molecule has 0 N–H and O–H groups in total. The Labute approximate surface area is 195 Å². The minimum atomic E-state index is -0.530. The van der Waals surface area contributed by atoms with Crippen molar-refractivity contribution >= 4 is 16.7 Å². The summed E-state index contributed by atoms with van der Waals surface area (Å²) >= 11 is 0. The van der Waals surface area contributed by atoms with Crippen LogP contribution >= 0.6 is 0 Å². The van der Waals surface area contributed by atoms with Gasteiger partial charge in [0.15, 0.2) is 35.7 Å². The third kappa shape index (κ3) is 3.50. The van der Waals surface area contributed by atoms with Crippen LogP contribution in [0.15, 0.2) is 60.9 Å². The number of aromatic nitrogens is 2. The Balaban J connectivity index is 0.00000228. The molecule has 8 heteroatoms. The Bertz CT molecular complexity index is 1390. The van der Waals surface area contributed by atoms with Gasteiger partial charge in [0, 0.05) is 18.7 Å². The van der Waals surface area contributed by atoms with Crippen molar-refractivity contribution in [1.29, 1.82) is 0 Å². The number of esters is 1. The second-order valence-electron chi connectivity index (χ2n) is 7.67. The molecular formula is C25H19ClN2O5. The number of methoxy groups -OCH3 is 1. The van der Waals surface area contributed by atoms with Gasteiger partial charge in [-0.05, 0) is 47.3 Å². The molecule has 0 bridgehead atoms. The van der Waals surface area contributed by atoms with E-state index >= 15 is 0 Å². The van der Waals surface area contributed by atoms with Crippen LogP contribution in [0, 0.1) is 0 Å². The van der Waals surface area contributed by atoms with Crippen LogP contribution in [0.5, 0.6) is 23.0 Å². The highest BCUT2D eigenvalue weighted by molar-refractivity contribution is 5.96. The molecule has 2 aliphatic heterocycles. The quantitative estimate of drug-likeness (QED) is 0.254. The molecule has 0 aliphatic carbocycles. The third-order valence-corrected chi connectivity index (χ3v) is 5.87. The van der Waals surface area contributed by atoms with Crippen molar-refractivity contribution in [2.24, 2.45) is 0 Å². The van der Waals surface area contributed by atoms with Gasteiger partial charge in [0.2, 0.25) is 12.5 Å². The fraction of sp³-hybridized carbons (Fsp3) is 0.160. The summed E-state index contributed by atoms with van der Waals surface area (Å²) in [6.07, 6.45) is 4.44. The van der Waals surface area contributed by atoms with E-state index in [1.807, 2.05) is 24.4 Å². The fourth-order valence-corrected chi connectivity index (χ4v) is 4.29. The van der Waals surface area contributed by atoms with E-state index in [4.69, 9.17) is 18.9 Å². The smallest absolute Gasteiger partial charge is 0.362 e. The van der Waals surface area contributed by atoms with Gasteiger partial charge in [0.1, 0.15) is 5.69 Å². The number of hydrogen-bond acceptors (Lipinski definition) is 6. The zero-order chi connectivity index (χ0) is 21.7. The van der Waals surface area contributed by atoms with Gasteiger partial charge in [0.05, 0.1) is 18.1 Å². The summed E-state index contributed by atoms with van der Waals surface area (Å²) < 4.78 is 24.6. The van der Waals surface area contributed by atoms with E-state index in [9.17, 15) is 4.79 Å². The Hall–Kier alpha value is -3.84. The molecule has 2 aromatic carbocycles. The third-order valence-electron chi connectivity index (χ3n) is 5.87. The van der Waals surface area contributed by atoms with Crippen LogP contribution < -0.4 is 35.9 Å². The van der Waals surface area contributed by atoms with Gasteiger partial charge in [0.25, 0.3) is 0 Å². The summed E-state index contributed by atoms with van der Waals surface area (Å²) in [5.74, 6) is 1.90. The van der Waals surface area contributed by atoms with Crippen molar-refractivity contribution in [2.45, 2.75) is 13.0 Å². The Morgan fingerprint density at radius 2 is 1.94 bits per heavy atom. The maximum atomic E-state index is 12.7. The van der Waals surface area contributed by atoms with Crippen molar-refractivity contribution in [3.63, 3.8) is 0 Å². The lowest BCUT2D eigenvalue weighted by molar-refractivity contribution is -0.686. The number of fused-ring (bicyclic) bond motifs is 5. The lowest BCUT2D eigenvalue weighted by Gasteiger charge is -2.17. The number of halogens is 1. The molecule has 0 amide bonds. The molecule has 0 spiro atoms. The van der Waals surface area contributed by atoms with Gasteiger partial charge < -0.3 is 31.4 Å². The highest BCUT2D eigenvalue weighted by Crippen LogP contribution is 2.41. The number of carbonyl (C=O) groups excluding carboxylic acids is 1. The maximum Gasteiger partial charge on any atom is 0.362 e. The molecule has 0 saturated heterocycles. The van der Waals surface area contributed by atoms with Gasteiger partial charge in [-0.2, -0.15) is 4.57 Å². The average molecular weight is 463 g/mol. The molecule has 33 heavy (non-hydrogen) atoms. The highest BCUT2D eigenvalue weighted by atomic mass is 35.5. The number of benzene rings is 2. The second-order valence-corrected chi connectivity index (χ2v) is 7.67. The number of hydrogen-bond donors (Lipinski definition) is 0. The van der Waals surface area contributed by atoms with Crippen molar-refractivity contribution in [3.05, 3.63) is 72.2 Å². The van der Waals surface area contributed by atoms with E-state index in [-0.39, 0.29) is 24.9 Å². The van der Waals surface area contributed by atoms with Crippen LogP contribution in [-0.4, -0.2) is 24.9 Å². The molecule has 0 unspecified atom stereocenters. The van der Waals surface area contributed by atoms with Crippen LogP contribution in [0.25, 0.3) is 22.0 Å². The molecule has 0 atom stereocenters. The first-order valence-corrected chi connectivity index (χ1v) is 10.3. The first-order chi connectivity index (χ1) is 15.7. The molecule has 2 aromatic heterocycles. The van der Waals surface area contributed by atoms with E-state index in [0.717, 1.165) is 46.5 Å². The highest BCUT2D eigenvalue weighted by Gasteiger charge is 2.29. The van der Waals surface area contributed by atoms with Crippen LogP contribution in [-0.2, 0) is 13.0 Å².